The third-order valence-electron chi connectivity index (χ3n) is 2.98. The van der Waals surface area contributed by atoms with Crippen molar-refractivity contribution in [3.8, 4) is 0 Å². The zero-order chi connectivity index (χ0) is 13.4. The number of hydrogen-bond donors (Lipinski definition) is 1. The summed E-state index contributed by atoms with van der Waals surface area (Å²) in [6, 6.07) is 0.152. The van der Waals surface area contributed by atoms with Crippen LogP contribution in [0.2, 0.25) is 0 Å². The van der Waals surface area contributed by atoms with Gasteiger partial charge in [0, 0.05) is 12.0 Å². The number of unbranched alkanes of at least 4 members (excludes halogenated alkanes) is 1. The van der Waals surface area contributed by atoms with Crippen molar-refractivity contribution < 1.29 is 4.79 Å². The Hall–Kier alpha value is -0.640. The van der Waals surface area contributed by atoms with E-state index in [1.165, 1.54) is 0 Å². The summed E-state index contributed by atoms with van der Waals surface area (Å²) in [6.45, 7) is 8.61. The van der Waals surface area contributed by atoms with Gasteiger partial charge in [-0.1, -0.05) is 38.9 Å². The molecule has 0 aromatic carbocycles. The van der Waals surface area contributed by atoms with Crippen LogP contribution in [0.15, 0.2) is 0 Å². The van der Waals surface area contributed by atoms with Crippen LogP contribution in [0.3, 0.4) is 0 Å². The van der Waals surface area contributed by atoms with Crippen LogP contribution in [-0.2, 0) is 4.79 Å². The molecule has 0 heterocycles. The molecule has 1 amide bonds. The van der Waals surface area contributed by atoms with E-state index in [4.69, 9.17) is 18.0 Å². The molecule has 0 aliphatic rings. The number of carbonyl (C=O) groups excluding carboxylic acids is 1. The van der Waals surface area contributed by atoms with Gasteiger partial charge >= 0.3 is 0 Å². The van der Waals surface area contributed by atoms with Gasteiger partial charge < -0.3 is 10.6 Å². The van der Waals surface area contributed by atoms with E-state index in [0.29, 0.717) is 11.5 Å². The van der Waals surface area contributed by atoms with E-state index >= 15 is 0 Å². The lowest BCUT2D eigenvalue weighted by atomic mass is 9.97. The molecule has 0 aromatic rings. The van der Waals surface area contributed by atoms with Crippen molar-refractivity contribution in [2.45, 2.75) is 59.4 Å². The van der Waals surface area contributed by atoms with Crippen LogP contribution in [0.1, 0.15) is 53.4 Å². The maximum Gasteiger partial charge on any atom is 0.226 e. The zero-order valence-corrected chi connectivity index (χ0v) is 12.3. The van der Waals surface area contributed by atoms with Crippen molar-refractivity contribution in [3.63, 3.8) is 0 Å². The van der Waals surface area contributed by atoms with E-state index in [9.17, 15) is 4.79 Å². The Labute approximate surface area is 111 Å². The number of thiocarbonyl (C=S) groups is 1. The highest BCUT2D eigenvalue weighted by molar-refractivity contribution is 7.80. The molecule has 0 spiro atoms. The van der Waals surface area contributed by atoms with Crippen molar-refractivity contribution in [1.82, 2.24) is 4.90 Å². The Morgan fingerprint density at radius 3 is 2.29 bits per heavy atom. The molecule has 100 valence electrons. The fourth-order valence-corrected chi connectivity index (χ4v) is 2.01. The molecule has 0 fully saturated rings. The number of hydrogen-bond acceptors (Lipinski definition) is 2. The number of carbonyl (C=O) groups is 1. The average molecular weight is 258 g/mol. The van der Waals surface area contributed by atoms with Gasteiger partial charge in [0.2, 0.25) is 5.91 Å². The number of rotatable bonds is 8. The summed E-state index contributed by atoms with van der Waals surface area (Å²) in [5.41, 5.74) is 5.55. The van der Waals surface area contributed by atoms with Crippen LogP contribution in [0.4, 0.5) is 0 Å². The number of amides is 1. The first-order valence-corrected chi connectivity index (χ1v) is 6.93. The van der Waals surface area contributed by atoms with Gasteiger partial charge in [0.25, 0.3) is 0 Å². The van der Waals surface area contributed by atoms with E-state index in [1.807, 2.05) is 13.8 Å². The summed E-state index contributed by atoms with van der Waals surface area (Å²) < 4.78 is 0. The molecule has 1 atom stereocenters. The minimum absolute atomic E-state index is 0.117. The predicted molar refractivity (Wildman–Crippen MR) is 76.9 cm³/mol. The topological polar surface area (TPSA) is 46.3 Å². The Balaban J connectivity index is 4.60. The first-order chi connectivity index (χ1) is 7.93. The lowest BCUT2D eigenvalue weighted by Crippen LogP contribution is -2.45. The fourth-order valence-electron chi connectivity index (χ4n) is 1.87. The maximum absolute atomic E-state index is 12.4. The van der Waals surface area contributed by atoms with Crippen molar-refractivity contribution in [1.29, 1.82) is 0 Å². The fraction of sp³-hybridized carbons (Fsp3) is 0.846. The van der Waals surface area contributed by atoms with Gasteiger partial charge in [-0.2, -0.15) is 0 Å². The molecule has 0 aliphatic carbocycles. The van der Waals surface area contributed by atoms with Gasteiger partial charge in [-0.15, -0.1) is 0 Å². The highest BCUT2D eigenvalue weighted by atomic mass is 32.1. The van der Waals surface area contributed by atoms with Crippen LogP contribution in [0.25, 0.3) is 0 Å². The quantitative estimate of drug-likeness (QED) is 0.681. The van der Waals surface area contributed by atoms with E-state index in [2.05, 4.69) is 13.8 Å². The van der Waals surface area contributed by atoms with Crippen molar-refractivity contribution >= 4 is 23.1 Å². The zero-order valence-electron chi connectivity index (χ0n) is 11.5. The summed E-state index contributed by atoms with van der Waals surface area (Å²) in [5.74, 6) is 0.315. The third-order valence-corrected chi connectivity index (χ3v) is 3.11. The summed E-state index contributed by atoms with van der Waals surface area (Å²) >= 11 is 4.90. The van der Waals surface area contributed by atoms with E-state index in [-0.39, 0.29) is 17.9 Å². The van der Waals surface area contributed by atoms with Crippen LogP contribution >= 0.6 is 12.2 Å². The van der Waals surface area contributed by atoms with Crippen molar-refractivity contribution in [2.75, 3.05) is 6.54 Å². The third kappa shape index (κ3) is 6.01. The van der Waals surface area contributed by atoms with E-state index in [0.717, 1.165) is 25.7 Å². The molecular formula is C13H26N2OS. The molecule has 0 radical (unpaired) electrons. The van der Waals surface area contributed by atoms with Gasteiger partial charge in [0.1, 0.15) is 0 Å². The maximum atomic E-state index is 12.4. The lowest BCUT2D eigenvalue weighted by molar-refractivity contribution is -0.136. The average Bonchev–Trinajstić information content (AvgIpc) is 2.26. The molecule has 0 saturated heterocycles. The standard InChI is InChI=1S/C13H26N2OS/c1-5-7-8-11(6-2)13(16)15(10(3)4)9-12(14)17/h10-11H,5-9H2,1-4H3,(H2,14,17). The summed E-state index contributed by atoms with van der Waals surface area (Å²) in [4.78, 5) is 14.6. The molecule has 3 nitrogen and oxygen atoms in total. The molecule has 1 unspecified atom stereocenters. The Bertz CT molecular complexity index is 254. The second-order valence-electron chi connectivity index (χ2n) is 4.77. The van der Waals surface area contributed by atoms with Gasteiger partial charge in [-0.25, -0.2) is 0 Å². The normalized spacial score (nSPS) is 12.5. The lowest BCUT2D eigenvalue weighted by Gasteiger charge is -2.30. The number of nitrogens with zero attached hydrogens (tertiary/aromatic N) is 1. The molecule has 0 rings (SSSR count). The summed E-state index contributed by atoms with van der Waals surface area (Å²) in [5, 5.41) is 0. The predicted octanol–water partition coefficient (Wildman–Crippen LogP) is 2.73. The molecule has 0 saturated carbocycles. The summed E-state index contributed by atoms with van der Waals surface area (Å²) in [6.07, 6.45) is 4.08. The highest BCUT2D eigenvalue weighted by Crippen LogP contribution is 2.17. The van der Waals surface area contributed by atoms with Gasteiger partial charge in [0.05, 0.1) is 11.5 Å². The molecular weight excluding hydrogens is 232 g/mol. The van der Waals surface area contributed by atoms with Crippen molar-refractivity contribution in [3.05, 3.63) is 0 Å². The van der Waals surface area contributed by atoms with Crippen LogP contribution in [-0.4, -0.2) is 28.4 Å². The monoisotopic (exact) mass is 258 g/mol. The SMILES string of the molecule is CCCCC(CC)C(=O)N(CC(N)=S)C(C)C. The second kappa shape index (κ2) is 8.45. The number of nitrogens with two attached hydrogens (primary N) is 1. The van der Waals surface area contributed by atoms with Crippen molar-refractivity contribution in [2.24, 2.45) is 11.7 Å². The Kier molecular flexibility index (Phi) is 8.13. The van der Waals surface area contributed by atoms with Gasteiger partial charge in [-0.05, 0) is 26.7 Å². The van der Waals surface area contributed by atoms with Crippen LogP contribution in [0, 0.1) is 5.92 Å². The molecule has 2 N–H and O–H groups in total. The minimum Gasteiger partial charge on any atom is -0.392 e. The summed E-state index contributed by atoms with van der Waals surface area (Å²) in [7, 11) is 0. The first-order valence-electron chi connectivity index (χ1n) is 6.52. The first kappa shape index (κ1) is 16.4. The molecule has 17 heavy (non-hydrogen) atoms. The molecule has 0 aromatic heterocycles. The van der Waals surface area contributed by atoms with Crippen LogP contribution in [0.5, 0.6) is 0 Å². The van der Waals surface area contributed by atoms with Gasteiger partial charge in [0.15, 0.2) is 0 Å². The highest BCUT2D eigenvalue weighted by Gasteiger charge is 2.24. The largest absolute Gasteiger partial charge is 0.392 e. The Morgan fingerprint density at radius 2 is 1.94 bits per heavy atom. The van der Waals surface area contributed by atoms with E-state index in [1.54, 1.807) is 4.90 Å². The van der Waals surface area contributed by atoms with Gasteiger partial charge in [-0.3, -0.25) is 4.79 Å². The molecule has 0 bridgehead atoms. The van der Waals surface area contributed by atoms with Crippen LogP contribution < -0.4 is 5.73 Å². The Morgan fingerprint density at radius 1 is 1.35 bits per heavy atom. The molecule has 0 aliphatic heterocycles. The van der Waals surface area contributed by atoms with E-state index < -0.39 is 0 Å². The second-order valence-corrected chi connectivity index (χ2v) is 5.30. The smallest absolute Gasteiger partial charge is 0.226 e. The molecule has 4 heteroatoms. The minimum atomic E-state index is 0.117.